The van der Waals surface area contributed by atoms with E-state index in [4.69, 9.17) is 19.9 Å². The van der Waals surface area contributed by atoms with Gasteiger partial charge in [0, 0.05) is 49.9 Å². The molecule has 12 rings (SSSR count). The molecule has 2 aliphatic rings. The van der Waals surface area contributed by atoms with E-state index >= 15 is 0 Å². The third-order valence-corrected chi connectivity index (χ3v) is 14.0. The highest BCUT2D eigenvalue weighted by Crippen LogP contribution is 2.55. The molecular formula is C59H40N4S. The molecule has 0 saturated carbocycles. The summed E-state index contributed by atoms with van der Waals surface area (Å²) >= 11 is 1.86. The van der Waals surface area contributed by atoms with Gasteiger partial charge in [-0.1, -0.05) is 189 Å². The summed E-state index contributed by atoms with van der Waals surface area (Å²) in [6.07, 6.45) is 3.73. The van der Waals surface area contributed by atoms with Gasteiger partial charge in [-0.05, 0) is 97.1 Å². The quantitative estimate of drug-likeness (QED) is 0.177. The molecule has 0 bridgehead atoms. The molecule has 0 unspecified atom stereocenters. The van der Waals surface area contributed by atoms with Crippen LogP contribution < -0.4 is 0 Å². The van der Waals surface area contributed by atoms with Gasteiger partial charge in [0.15, 0.2) is 11.6 Å². The van der Waals surface area contributed by atoms with Crippen LogP contribution in [0.5, 0.6) is 0 Å². The van der Waals surface area contributed by atoms with Crippen molar-refractivity contribution in [2.45, 2.75) is 29.1 Å². The van der Waals surface area contributed by atoms with Crippen molar-refractivity contribution in [3.05, 3.63) is 218 Å². The predicted molar refractivity (Wildman–Crippen MR) is 263 cm³/mol. The van der Waals surface area contributed by atoms with Crippen molar-refractivity contribution in [1.29, 1.82) is 0 Å². The van der Waals surface area contributed by atoms with E-state index in [-0.39, 0.29) is 5.41 Å². The highest BCUT2D eigenvalue weighted by molar-refractivity contribution is 7.99. The fourth-order valence-corrected chi connectivity index (χ4v) is 10.8. The molecule has 0 spiro atoms. The average molecular weight is 837 g/mol. The third-order valence-electron chi connectivity index (χ3n) is 12.9. The first kappa shape index (κ1) is 38.0. The molecule has 10 aromatic rings. The molecule has 3 heterocycles. The lowest BCUT2D eigenvalue weighted by Gasteiger charge is -2.24. The summed E-state index contributed by atoms with van der Waals surface area (Å²) in [5.41, 5.74) is 19.9. The zero-order valence-electron chi connectivity index (χ0n) is 35.3. The van der Waals surface area contributed by atoms with E-state index in [0.29, 0.717) is 11.6 Å². The van der Waals surface area contributed by atoms with Gasteiger partial charge in [-0.3, -0.25) is 0 Å². The van der Waals surface area contributed by atoms with Gasteiger partial charge in [0.2, 0.25) is 0 Å². The molecule has 302 valence electrons. The lowest BCUT2D eigenvalue weighted by Crippen LogP contribution is -2.15. The van der Waals surface area contributed by atoms with E-state index in [0.717, 1.165) is 44.8 Å². The van der Waals surface area contributed by atoms with E-state index in [1.54, 1.807) is 0 Å². The molecule has 2 aromatic heterocycles. The lowest BCUT2D eigenvalue weighted by molar-refractivity contribution is 0.659. The third kappa shape index (κ3) is 6.39. The van der Waals surface area contributed by atoms with Crippen LogP contribution in [0, 0.1) is 0 Å². The van der Waals surface area contributed by atoms with Crippen LogP contribution in [0.15, 0.2) is 216 Å². The van der Waals surface area contributed by atoms with Gasteiger partial charge in [-0.2, -0.15) is 0 Å². The highest BCUT2D eigenvalue weighted by atomic mass is 32.2. The fourth-order valence-electron chi connectivity index (χ4n) is 9.64. The average Bonchev–Trinajstić information content (AvgIpc) is 3.58. The van der Waals surface area contributed by atoms with Crippen LogP contribution in [-0.2, 0) is 5.41 Å². The van der Waals surface area contributed by atoms with Crippen molar-refractivity contribution < 1.29 is 0 Å². The molecule has 0 radical (unpaired) electrons. The molecule has 0 N–H and O–H groups in total. The maximum atomic E-state index is 5.31. The van der Waals surface area contributed by atoms with E-state index in [1.165, 1.54) is 65.4 Å². The van der Waals surface area contributed by atoms with E-state index < -0.39 is 0 Å². The normalized spacial score (nSPS) is 12.9. The number of rotatable bonds is 4. The predicted octanol–water partition coefficient (Wildman–Crippen LogP) is 15.4. The summed E-state index contributed by atoms with van der Waals surface area (Å²) < 4.78 is 0. The second kappa shape index (κ2) is 15.3. The van der Waals surface area contributed by atoms with Crippen molar-refractivity contribution in [3.63, 3.8) is 0 Å². The largest absolute Gasteiger partial charge is 0.236 e. The summed E-state index contributed by atoms with van der Waals surface area (Å²) in [6, 6.07) is 69.7. The van der Waals surface area contributed by atoms with E-state index in [1.807, 2.05) is 72.7 Å². The Balaban J connectivity index is 1.13. The van der Waals surface area contributed by atoms with Gasteiger partial charge in [-0.15, -0.1) is 0 Å². The fraction of sp³-hybridized carbons (Fsp3) is 0.0508. The SMILES string of the molecule is CC1(C)c2ccccc2-c2cc3c(cc21)Sc1ccccc1-c1ccccc1-c1ccccc1-c1ccc(-c2cc(-c4cnc(-c5ccccc5)nc4)nc(-c4ccccc4)n2)cc1-3. The second-order valence-corrected chi connectivity index (χ2v) is 18.1. The molecule has 0 amide bonds. The first-order chi connectivity index (χ1) is 31.5. The van der Waals surface area contributed by atoms with Gasteiger partial charge < -0.3 is 0 Å². The topological polar surface area (TPSA) is 51.6 Å². The molecular weight excluding hydrogens is 797 g/mol. The van der Waals surface area contributed by atoms with E-state index in [2.05, 4.69) is 159 Å². The summed E-state index contributed by atoms with van der Waals surface area (Å²) in [5, 5.41) is 0. The van der Waals surface area contributed by atoms with Crippen molar-refractivity contribution in [1.82, 2.24) is 19.9 Å². The molecule has 1 aliphatic carbocycles. The minimum Gasteiger partial charge on any atom is -0.236 e. The Labute approximate surface area is 377 Å². The van der Waals surface area contributed by atoms with Gasteiger partial charge >= 0.3 is 0 Å². The van der Waals surface area contributed by atoms with Crippen LogP contribution in [0.25, 0.3) is 101 Å². The Morgan fingerprint density at radius 2 is 0.844 bits per heavy atom. The number of hydrogen-bond donors (Lipinski definition) is 0. The van der Waals surface area contributed by atoms with Gasteiger partial charge in [0.05, 0.1) is 11.4 Å². The summed E-state index contributed by atoms with van der Waals surface area (Å²) in [6.45, 7) is 4.73. The van der Waals surface area contributed by atoms with Gasteiger partial charge in [0.25, 0.3) is 0 Å². The van der Waals surface area contributed by atoms with E-state index in [9.17, 15) is 0 Å². The number of nitrogens with zero attached hydrogens (tertiary/aromatic N) is 4. The minimum atomic E-state index is -0.161. The molecule has 5 heteroatoms. The number of aromatic nitrogens is 4. The van der Waals surface area contributed by atoms with Crippen LogP contribution in [0.4, 0.5) is 0 Å². The Morgan fingerprint density at radius 1 is 0.328 bits per heavy atom. The first-order valence-corrected chi connectivity index (χ1v) is 22.5. The number of benzene rings is 8. The van der Waals surface area contributed by atoms with Crippen molar-refractivity contribution >= 4 is 11.8 Å². The van der Waals surface area contributed by atoms with Crippen LogP contribution in [0.3, 0.4) is 0 Å². The second-order valence-electron chi connectivity index (χ2n) is 17.0. The van der Waals surface area contributed by atoms with Gasteiger partial charge in [-0.25, -0.2) is 19.9 Å². The maximum absolute atomic E-state index is 5.31. The Bertz CT molecular complexity index is 3430. The summed E-state index contributed by atoms with van der Waals surface area (Å²) in [7, 11) is 0. The van der Waals surface area contributed by atoms with Crippen LogP contribution in [0.2, 0.25) is 0 Å². The molecule has 1 aliphatic heterocycles. The standard InChI is InChI=1S/C59H40N4S/c1-59(2)51-27-15-13-25-46(51)49-32-50-48-31-39(53-34-54(63-58(62-53)38-19-7-4-8-20-38)40-35-60-57(61-36-40)37-17-5-3-6-18-37)29-30-45(48)43-23-10-9-21-41(43)42-22-11-12-24-44(42)47-26-14-16-28-55(47)64-56(50)33-52(49)59/h3-36H,1-2H3. The van der Waals surface area contributed by atoms with Crippen LogP contribution >= 0.6 is 11.8 Å². The Morgan fingerprint density at radius 3 is 1.50 bits per heavy atom. The maximum Gasteiger partial charge on any atom is 0.160 e. The first-order valence-electron chi connectivity index (χ1n) is 21.7. The Hall–Kier alpha value is -7.73. The number of fused-ring (bicyclic) bond motifs is 12. The monoisotopic (exact) mass is 836 g/mol. The van der Waals surface area contributed by atoms with Crippen molar-refractivity contribution in [2.75, 3.05) is 0 Å². The van der Waals surface area contributed by atoms with Crippen LogP contribution in [-0.4, -0.2) is 19.9 Å². The number of hydrogen-bond acceptors (Lipinski definition) is 5. The summed E-state index contributed by atoms with van der Waals surface area (Å²) in [5.74, 6) is 1.31. The zero-order valence-corrected chi connectivity index (χ0v) is 36.1. The van der Waals surface area contributed by atoms with Crippen molar-refractivity contribution in [3.8, 4) is 101 Å². The van der Waals surface area contributed by atoms with Crippen LogP contribution in [0.1, 0.15) is 25.0 Å². The summed E-state index contributed by atoms with van der Waals surface area (Å²) in [4.78, 5) is 22.5. The molecule has 0 fully saturated rings. The van der Waals surface area contributed by atoms with Gasteiger partial charge in [0.1, 0.15) is 0 Å². The molecule has 4 nitrogen and oxygen atoms in total. The lowest BCUT2D eigenvalue weighted by atomic mass is 9.81. The molecule has 0 saturated heterocycles. The highest BCUT2D eigenvalue weighted by Gasteiger charge is 2.37. The Kier molecular flexibility index (Phi) is 9.06. The zero-order chi connectivity index (χ0) is 42.8. The molecule has 64 heavy (non-hydrogen) atoms. The smallest absolute Gasteiger partial charge is 0.160 e. The molecule has 8 aromatic carbocycles. The van der Waals surface area contributed by atoms with Crippen molar-refractivity contribution in [2.24, 2.45) is 0 Å². The minimum absolute atomic E-state index is 0.161. The molecule has 0 atom stereocenters.